The summed E-state index contributed by atoms with van der Waals surface area (Å²) in [4.78, 5) is 23.5. The summed E-state index contributed by atoms with van der Waals surface area (Å²) in [5.74, 6) is -2.57. The fourth-order valence-electron chi connectivity index (χ4n) is 4.34. The molecule has 1 aliphatic heterocycles. The molecule has 1 amide bonds. The van der Waals surface area contributed by atoms with E-state index < -0.39 is 17.5 Å². The summed E-state index contributed by atoms with van der Waals surface area (Å²) in [6.45, 7) is 6.08. The zero-order valence-corrected chi connectivity index (χ0v) is 18.5. The van der Waals surface area contributed by atoms with E-state index in [0.29, 0.717) is 28.7 Å². The number of nitrogens with zero attached hydrogens (tertiary/aromatic N) is 3. The average molecular weight is 448 g/mol. The first-order valence-corrected chi connectivity index (χ1v) is 10.7. The summed E-state index contributed by atoms with van der Waals surface area (Å²) in [6, 6.07) is 2.01. The lowest BCUT2D eigenvalue weighted by Gasteiger charge is -2.38. The number of carbonyl (C=O) groups excluding carboxylic acids is 1. The van der Waals surface area contributed by atoms with Gasteiger partial charge in [-0.2, -0.15) is 4.98 Å². The average Bonchev–Trinajstić information content (AvgIpc) is 2.68. The number of halogens is 3. The van der Waals surface area contributed by atoms with E-state index in [1.54, 1.807) is 0 Å². The Morgan fingerprint density at radius 1 is 1.16 bits per heavy atom. The van der Waals surface area contributed by atoms with Gasteiger partial charge in [0.15, 0.2) is 23.3 Å². The minimum Gasteiger partial charge on any atom is -0.351 e. The van der Waals surface area contributed by atoms with Gasteiger partial charge >= 0.3 is 0 Å². The molecule has 0 bridgehead atoms. The molecule has 3 N–H and O–H groups in total. The number of fused-ring (bicyclic) bond motifs is 1. The highest BCUT2D eigenvalue weighted by Crippen LogP contribution is 2.35. The summed E-state index contributed by atoms with van der Waals surface area (Å²) in [7, 11) is 1.86. The van der Waals surface area contributed by atoms with E-state index in [9.17, 15) is 18.0 Å². The molecule has 1 saturated carbocycles. The highest BCUT2D eigenvalue weighted by molar-refractivity contribution is 6.03. The van der Waals surface area contributed by atoms with Gasteiger partial charge in [-0.1, -0.05) is 13.8 Å². The first-order valence-electron chi connectivity index (χ1n) is 10.7. The van der Waals surface area contributed by atoms with Crippen molar-refractivity contribution in [3.05, 3.63) is 40.8 Å². The number of likely N-dealkylation sites (N-methyl/N-ethyl adjacent to an activating group) is 1. The largest absolute Gasteiger partial charge is 0.351 e. The van der Waals surface area contributed by atoms with Crippen molar-refractivity contribution in [3.8, 4) is 0 Å². The number of anilines is 3. The van der Waals surface area contributed by atoms with Crippen LogP contribution in [0.2, 0.25) is 0 Å². The summed E-state index contributed by atoms with van der Waals surface area (Å²) < 4.78 is 39.8. The molecule has 10 heteroatoms. The van der Waals surface area contributed by atoms with Crippen molar-refractivity contribution >= 4 is 23.4 Å². The smallest absolute Gasteiger partial charge is 0.247 e. The van der Waals surface area contributed by atoms with Gasteiger partial charge in [-0.15, -0.1) is 0 Å². The van der Waals surface area contributed by atoms with Crippen LogP contribution in [0.25, 0.3) is 0 Å². The van der Waals surface area contributed by atoms with Gasteiger partial charge in [0.25, 0.3) is 0 Å². The van der Waals surface area contributed by atoms with Crippen molar-refractivity contribution in [2.45, 2.75) is 58.3 Å². The topological polar surface area (TPSA) is 82.2 Å². The standard InChI is InChI=1S/C22H27F3N6O/c1-10(2)19-21(32)29-18-11(3)27-22(30-20(18)31(19)4)28-14-7-13(8-14)26-9-12-5-15(23)17(25)16(24)6-12/h5-6,10,13-14,19,26H,7-9H2,1-4H3,(H,29,32)(H,27,28,30)/t13-,14+,19?. The molecular weight excluding hydrogens is 421 g/mol. The van der Waals surface area contributed by atoms with Gasteiger partial charge in [-0.05, 0) is 43.4 Å². The number of carbonyl (C=O) groups is 1. The van der Waals surface area contributed by atoms with Crippen LogP contribution in [0.1, 0.15) is 37.9 Å². The van der Waals surface area contributed by atoms with Gasteiger partial charge in [-0.25, -0.2) is 18.2 Å². The van der Waals surface area contributed by atoms with E-state index in [1.807, 2.05) is 32.7 Å². The maximum atomic E-state index is 13.3. The number of aryl methyl sites for hydroxylation is 1. The second-order valence-corrected chi connectivity index (χ2v) is 8.88. The molecule has 1 atom stereocenters. The molecule has 0 spiro atoms. The number of rotatable bonds is 6. The van der Waals surface area contributed by atoms with Gasteiger partial charge in [-0.3, -0.25) is 4.79 Å². The molecule has 1 fully saturated rings. The SMILES string of the molecule is Cc1nc(N[C@H]2C[C@@H](NCc3cc(F)c(F)c(F)c3)C2)nc2c1NC(=O)C(C(C)C)N2C. The van der Waals surface area contributed by atoms with E-state index in [4.69, 9.17) is 0 Å². The summed E-state index contributed by atoms with van der Waals surface area (Å²) in [6.07, 6.45) is 1.57. The molecule has 1 aromatic carbocycles. The Balaban J connectivity index is 1.36. The zero-order valence-electron chi connectivity index (χ0n) is 18.5. The molecule has 1 unspecified atom stereocenters. The van der Waals surface area contributed by atoms with Gasteiger partial charge in [0, 0.05) is 25.7 Å². The molecule has 2 aromatic rings. The van der Waals surface area contributed by atoms with Crippen molar-refractivity contribution in [2.75, 3.05) is 22.6 Å². The van der Waals surface area contributed by atoms with E-state index in [1.165, 1.54) is 0 Å². The maximum absolute atomic E-state index is 13.3. The second kappa shape index (κ2) is 8.57. The fraction of sp³-hybridized carbons (Fsp3) is 0.500. The zero-order chi connectivity index (χ0) is 23.2. The van der Waals surface area contributed by atoms with Crippen LogP contribution in [-0.2, 0) is 11.3 Å². The Hall–Kier alpha value is -2.88. The number of hydrogen-bond acceptors (Lipinski definition) is 6. The van der Waals surface area contributed by atoms with E-state index >= 15 is 0 Å². The van der Waals surface area contributed by atoms with Gasteiger partial charge in [0.1, 0.15) is 11.7 Å². The van der Waals surface area contributed by atoms with Crippen LogP contribution in [0, 0.1) is 30.3 Å². The molecule has 172 valence electrons. The third kappa shape index (κ3) is 4.23. The van der Waals surface area contributed by atoms with Crippen molar-refractivity contribution in [1.29, 1.82) is 0 Å². The van der Waals surface area contributed by atoms with E-state index in [2.05, 4.69) is 25.9 Å². The van der Waals surface area contributed by atoms with Gasteiger partial charge in [0.2, 0.25) is 11.9 Å². The summed E-state index contributed by atoms with van der Waals surface area (Å²) in [5.41, 5.74) is 1.68. The van der Waals surface area contributed by atoms with Gasteiger partial charge in [0.05, 0.1) is 5.69 Å². The van der Waals surface area contributed by atoms with Gasteiger partial charge < -0.3 is 20.9 Å². The quantitative estimate of drug-likeness (QED) is 0.588. The van der Waals surface area contributed by atoms with Crippen molar-refractivity contribution in [1.82, 2.24) is 15.3 Å². The van der Waals surface area contributed by atoms with E-state index in [-0.39, 0.29) is 36.5 Å². The Bertz CT molecular complexity index is 1020. The molecule has 0 saturated heterocycles. The Morgan fingerprint density at radius 2 is 1.81 bits per heavy atom. The third-order valence-electron chi connectivity index (χ3n) is 6.08. The van der Waals surface area contributed by atoms with E-state index in [0.717, 1.165) is 25.0 Å². The third-order valence-corrected chi connectivity index (χ3v) is 6.08. The predicted molar refractivity (Wildman–Crippen MR) is 116 cm³/mol. The maximum Gasteiger partial charge on any atom is 0.247 e. The summed E-state index contributed by atoms with van der Waals surface area (Å²) >= 11 is 0. The van der Waals surface area contributed by atoms with Crippen LogP contribution < -0.4 is 20.9 Å². The Morgan fingerprint density at radius 3 is 2.44 bits per heavy atom. The van der Waals surface area contributed by atoms with Crippen LogP contribution >= 0.6 is 0 Å². The molecule has 2 aliphatic rings. The minimum absolute atomic E-state index is 0.0590. The number of nitrogens with one attached hydrogen (secondary N) is 3. The van der Waals surface area contributed by atoms with Crippen LogP contribution in [0.5, 0.6) is 0 Å². The first-order chi connectivity index (χ1) is 15.1. The van der Waals surface area contributed by atoms with Crippen LogP contribution in [0.3, 0.4) is 0 Å². The number of amides is 1. The predicted octanol–water partition coefficient (Wildman–Crippen LogP) is 3.35. The lowest BCUT2D eigenvalue weighted by Crippen LogP contribution is -2.50. The highest BCUT2D eigenvalue weighted by atomic mass is 19.2. The number of hydrogen-bond donors (Lipinski definition) is 3. The van der Waals surface area contributed by atoms with Crippen LogP contribution in [0.15, 0.2) is 12.1 Å². The molecule has 7 nitrogen and oxygen atoms in total. The minimum atomic E-state index is -1.45. The first kappa shape index (κ1) is 22.3. The van der Waals surface area contributed by atoms with Crippen molar-refractivity contribution in [2.24, 2.45) is 5.92 Å². The van der Waals surface area contributed by atoms with Crippen LogP contribution in [-0.4, -0.2) is 41.0 Å². The second-order valence-electron chi connectivity index (χ2n) is 8.88. The van der Waals surface area contributed by atoms with Crippen molar-refractivity contribution < 1.29 is 18.0 Å². The van der Waals surface area contributed by atoms with Crippen molar-refractivity contribution in [3.63, 3.8) is 0 Å². The molecule has 4 rings (SSSR count). The molecule has 32 heavy (non-hydrogen) atoms. The molecule has 2 heterocycles. The molecule has 1 aliphatic carbocycles. The Kier molecular flexibility index (Phi) is 5.98. The fourth-order valence-corrected chi connectivity index (χ4v) is 4.34. The lowest BCUT2D eigenvalue weighted by molar-refractivity contribution is -0.118. The lowest BCUT2D eigenvalue weighted by atomic mass is 9.86. The number of aromatic nitrogens is 2. The Labute approximate surface area is 184 Å². The summed E-state index contributed by atoms with van der Waals surface area (Å²) in [5, 5.41) is 9.48. The molecule has 0 radical (unpaired) electrons. The molecular formula is C22H27F3N6O. The normalized spacial score (nSPS) is 22.4. The van der Waals surface area contributed by atoms with Crippen LogP contribution in [0.4, 0.5) is 30.6 Å². The highest BCUT2D eigenvalue weighted by Gasteiger charge is 2.36. The molecule has 1 aromatic heterocycles. The number of benzene rings is 1. The monoisotopic (exact) mass is 448 g/mol.